The minimum atomic E-state index is -3.88. The largest absolute Gasteiger partial charge is 0.504 e. The second kappa shape index (κ2) is 6.61. The van der Waals surface area contributed by atoms with Gasteiger partial charge in [0, 0.05) is 17.0 Å². The average Bonchev–Trinajstić information content (AvgIpc) is 2.89. The van der Waals surface area contributed by atoms with Crippen LogP contribution in [0.15, 0.2) is 63.7 Å². The number of sulfonamides is 1. The normalized spacial score (nSPS) is 11.9. The van der Waals surface area contributed by atoms with Crippen LogP contribution in [0.3, 0.4) is 0 Å². The molecule has 1 heterocycles. The quantitative estimate of drug-likeness (QED) is 0.675. The predicted octanol–water partition coefficient (Wildman–Crippen LogP) is 3.85. The van der Waals surface area contributed by atoms with E-state index >= 15 is 0 Å². The van der Waals surface area contributed by atoms with Crippen molar-refractivity contribution in [1.29, 1.82) is 0 Å². The summed E-state index contributed by atoms with van der Waals surface area (Å²) in [4.78, 5) is 10.9. The number of hydrogen-bond donors (Lipinski definition) is 2. The molecule has 25 heavy (non-hydrogen) atoms. The third-order valence-electron chi connectivity index (χ3n) is 3.23. The topological polar surface area (TPSA) is 108 Å². The van der Waals surface area contributed by atoms with Gasteiger partial charge in [-0.15, -0.1) is 21.6 Å². The van der Waals surface area contributed by atoms with Crippen molar-refractivity contribution < 1.29 is 18.3 Å². The van der Waals surface area contributed by atoms with E-state index in [1.807, 2.05) is 22.9 Å². The summed E-state index contributed by atoms with van der Waals surface area (Å²) in [5.74, 6) is -0.599. The zero-order chi connectivity index (χ0) is 18.0. The minimum absolute atomic E-state index is 0.0497. The van der Waals surface area contributed by atoms with Crippen LogP contribution in [0.1, 0.15) is 6.92 Å². The predicted molar refractivity (Wildman–Crippen MR) is 95.1 cm³/mol. The van der Waals surface area contributed by atoms with Gasteiger partial charge in [0.05, 0.1) is 10.6 Å². The Labute approximate surface area is 147 Å². The van der Waals surface area contributed by atoms with E-state index in [1.165, 1.54) is 35.6 Å². The molecule has 0 saturated heterocycles. The monoisotopic (exact) mass is 375 g/mol. The highest BCUT2D eigenvalue weighted by Gasteiger charge is 2.15. The van der Waals surface area contributed by atoms with Gasteiger partial charge in [-0.3, -0.25) is 4.79 Å². The van der Waals surface area contributed by atoms with Gasteiger partial charge in [0.25, 0.3) is 10.0 Å². The number of fused-ring (bicyclic) bond motifs is 1. The van der Waals surface area contributed by atoms with Gasteiger partial charge in [0.2, 0.25) is 5.91 Å². The summed E-state index contributed by atoms with van der Waals surface area (Å²) in [5.41, 5.74) is 0.415. The Morgan fingerprint density at radius 3 is 2.40 bits per heavy atom. The number of nitrogens with zero attached hydrogens (tertiary/aromatic N) is 2. The van der Waals surface area contributed by atoms with Gasteiger partial charge < -0.3 is 5.11 Å². The highest BCUT2D eigenvalue weighted by molar-refractivity contribution is 7.90. The second-order valence-corrected chi connectivity index (χ2v) is 7.82. The van der Waals surface area contributed by atoms with Crippen LogP contribution in [0.25, 0.3) is 10.1 Å². The fourth-order valence-corrected chi connectivity index (χ4v) is 4.04. The van der Waals surface area contributed by atoms with Crippen molar-refractivity contribution in [1.82, 2.24) is 4.72 Å². The lowest BCUT2D eigenvalue weighted by molar-refractivity contribution is -0.117. The highest BCUT2D eigenvalue weighted by Crippen LogP contribution is 2.43. The van der Waals surface area contributed by atoms with Crippen molar-refractivity contribution in [3.8, 4) is 5.75 Å². The molecule has 0 aliphatic carbocycles. The number of aromatic hydroxyl groups is 1. The molecule has 7 nitrogen and oxygen atoms in total. The van der Waals surface area contributed by atoms with Crippen LogP contribution in [0, 0.1) is 0 Å². The molecule has 0 spiro atoms. The van der Waals surface area contributed by atoms with Gasteiger partial charge in [-0.05, 0) is 36.4 Å². The van der Waals surface area contributed by atoms with Crippen molar-refractivity contribution in [3.63, 3.8) is 0 Å². The minimum Gasteiger partial charge on any atom is -0.504 e. The van der Waals surface area contributed by atoms with Crippen LogP contribution < -0.4 is 4.72 Å². The summed E-state index contributed by atoms with van der Waals surface area (Å²) < 4.78 is 26.5. The molecule has 0 radical (unpaired) electrons. The molecular weight excluding hydrogens is 362 g/mol. The van der Waals surface area contributed by atoms with Crippen LogP contribution >= 0.6 is 11.3 Å². The summed E-state index contributed by atoms with van der Waals surface area (Å²) in [6.45, 7) is 1.12. The molecule has 0 bridgehead atoms. The lowest BCUT2D eigenvalue weighted by Crippen LogP contribution is -2.28. The maximum absolute atomic E-state index is 11.9. The molecule has 0 atom stereocenters. The Kier molecular flexibility index (Phi) is 4.51. The van der Waals surface area contributed by atoms with Crippen LogP contribution in [-0.4, -0.2) is 19.4 Å². The molecule has 1 amide bonds. The third kappa shape index (κ3) is 3.67. The van der Waals surface area contributed by atoms with Gasteiger partial charge in [0.15, 0.2) is 10.8 Å². The van der Waals surface area contributed by atoms with Crippen LogP contribution in [-0.2, 0) is 14.8 Å². The SMILES string of the molecule is CC(=O)NS(=O)(=O)c1ccc(N=Nc2sc3ccccc3c2O)cc1. The van der Waals surface area contributed by atoms with Gasteiger partial charge in [0.1, 0.15) is 0 Å². The fourth-order valence-electron chi connectivity index (χ4n) is 2.13. The van der Waals surface area contributed by atoms with Crippen molar-refractivity contribution in [2.75, 3.05) is 0 Å². The molecule has 2 aromatic carbocycles. The number of carbonyl (C=O) groups is 1. The van der Waals surface area contributed by atoms with Crippen molar-refractivity contribution in [2.45, 2.75) is 11.8 Å². The Hall–Kier alpha value is -2.78. The fraction of sp³-hybridized carbons (Fsp3) is 0.0625. The molecular formula is C16H13N3O4S2. The number of rotatable bonds is 4. The Morgan fingerprint density at radius 1 is 1.08 bits per heavy atom. The van der Waals surface area contributed by atoms with E-state index in [0.29, 0.717) is 16.1 Å². The van der Waals surface area contributed by atoms with E-state index in [-0.39, 0.29) is 10.6 Å². The van der Waals surface area contributed by atoms with Crippen LogP contribution in [0.5, 0.6) is 5.75 Å². The number of thiophene rings is 1. The first-order valence-corrected chi connectivity index (χ1v) is 9.42. The highest BCUT2D eigenvalue weighted by atomic mass is 32.2. The molecule has 0 fully saturated rings. The van der Waals surface area contributed by atoms with E-state index in [0.717, 1.165) is 11.6 Å². The van der Waals surface area contributed by atoms with E-state index in [1.54, 1.807) is 6.07 Å². The van der Waals surface area contributed by atoms with Gasteiger partial charge >= 0.3 is 0 Å². The first kappa shape index (κ1) is 17.1. The maximum atomic E-state index is 11.9. The summed E-state index contributed by atoms with van der Waals surface area (Å²) in [5, 5.41) is 19.3. The molecule has 3 aromatic rings. The molecule has 9 heteroatoms. The van der Waals surface area contributed by atoms with E-state index < -0.39 is 15.9 Å². The second-order valence-electron chi connectivity index (χ2n) is 5.11. The van der Waals surface area contributed by atoms with E-state index in [4.69, 9.17) is 0 Å². The lowest BCUT2D eigenvalue weighted by Gasteiger charge is -2.04. The zero-order valence-corrected chi connectivity index (χ0v) is 14.6. The average molecular weight is 375 g/mol. The zero-order valence-electron chi connectivity index (χ0n) is 13.0. The molecule has 3 rings (SSSR count). The number of carbonyl (C=O) groups excluding carboxylic acids is 1. The number of amides is 1. The van der Waals surface area contributed by atoms with E-state index in [9.17, 15) is 18.3 Å². The molecule has 0 aliphatic heterocycles. The lowest BCUT2D eigenvalue weighted by atomic mass is 10.2. The number of nitrogens with one attached hydrogen (secondary N) is 1. The summed E-state index contributed by atoms with van der Waals surface area (Å²) >= 11 is 1.30. The van der Waals surface area contributed by atoms with Crippen molar-refractivity contribution in [2.24, 2.45) is 10.2 Å². The number of benzene rings is 2. The first-order chi connectivity index (χ1) is 11.9. The standard InChI is InChI=1S/C16H13N3O4S2/c1-10(20)19-25(22,23)12-8-6-11(7-9-12)17-18-16-15(21)13-4-2-3-5-14(13)24-16/h2-9,21H,1H3,(H,19,20). The molecule has 0 aliphatic rings. The Balaban J connectivity index is 1.84. The summed E-state index contributed by atoms with van der Waals surface area (Å²) in [6.07, 6.45) is 0. The third-order valence-corrected chi connectivity index (χ3v) is 5.73. The smallest absolute Gasteiger partial charge is 0.264 e. The van der Waals surface area contributed by atoms with Gasteiger partial charge in [-0.25, -0.2) is 13.1 Å². The van der Waals surface area contributed by atoms with Gasteiger partial charge in [-0.2, -0.15) is 0 Å². The molecule has 128 valence electrons. The Bertz CT molecular complexity index is 1070. The van der Waals surface area contributed by atoms with Crippen LogP contribution in [0.2, 0.25) is 0 Å². The number of azo groups is 1. The maximum Gasteiger partial charge on any atom is 0.264 e. The number of hydrogen-bond acceptors (Lipinski definition) is 7. The van der Waals surface area contributed by atoms with Crippen molar-refractivity contribution in [3.05, 3.63) is 48.5 Å². The van der Waals surface area contributed by atoms with Gasteiger partial charge in [-0.1, -0.05) is 12.1 Å². The Morgan fingerprint density at radius 2 is 1.76 bits per heavy atom. The van der Waals surface area contributed by atoms with Crippen molar-refractivity contribution >= 4 is 48.0 Å². The molecule has 0 unspecified atom stereocenters. The molecule has 2 N–H and O–H groups in total. The molecule has 1 aromatic heterocycles. The van der Waals surface area contributed by atoms with Crippen LogP contribution in [0.4, 0.5) is 10.7 Å². The van der Waals surface area contributed by atoms with E-state index in [2.05, 4.69) is 10.2 Å². The molecule has 0 saturated carbocycles. The summed E-state index contributed by atoms with van der Waals surface area (Å²) in [7, 11) is -3.88. The summed E-state index contributed by atoms with van der Waals surface area (Å²) in [6, 6.07) is 12.9. The first-order valence-electron chi connectivity index (χ1n) is 7.12.